The van der Waals surface area contributed by atoms with E-state index in [0.717, 1.165) is 10.9 Å². The van der Waals surface area contributed by atoms with Crippen LogP contribution >= 0.6 is 11.6 Å². The summed E-state index contributed by atoms with van der Waals surface area (Å²) in [5.41, 5.74) is 7.36. The predicted octanol–water partition coefficient (Wildman–Crippen LogP) is 3.57. The molecule has 3 aromatic rings. The molecule has 0 aliphatic heterocycles. The summed E-state index contributed by atoms with van der Waals surface area (Å²) >= 11 is 6.08. The van der Waals surface area contributed by atoms with Gasteiger partial charge in [-0.15, -0.1) is 0 Å². The number of nitrogen functional groups attached to an aromatic ring is 1. The number of pyridine rings is 1. The molecule has 0 aliphatic rings. The molecule has 2 aromatic carbocycles. The summed E-state index contributed by atoms with van der Waals surface area (Å²) < 4.78 is 13.1. The number of hydrogen-bond acceptors (Lipinski definition) is 2. The van der Waals surface area contributed by atoms with E-state index in [0.29, 0.717) is 16.6 Å². The van der Waals surface area contributed by atoms with Crippen LogP contribution in [0.3, 0.4) is 0 Å². The van der Waals surface area contributed by atoms with E-state index in [4.69, 9.17) is 17.3 Å². The first-order valence-electron chi connectivity index (χ1n) is 5.92. The Morgan fingerprint density at radius 2 is 1.85 bits per heavy atom. The summed E-state index contributed by atoms with van der Waals surface area (Å²) in [5, 5.41) is 1.48. The monoisotopic (exact) mass is 288 g/mol. The second kappa shape index (κ2) is 4.65. The molecule has 0 amide bonds. The second-order valence-corrected chi connectivity index (χ2v) is 4.87. The van der Waals surface area contributed by atoms with Gasteiger partial charge in [-0.1, -0.05) is 17.7 Å². The van der Waals surface area contributed by atoms with Gasteiger partial charge in [0, 0.05) is 28.4 Å². The van der Waals surface area contributed by atoms with Crippen LogP contribution in [-0.2, 0) is 0 Å². The number of anilines is 1. The van der Waals surface area contributed by atoms with Crippen LogP contribution in [0.15, 0.2) is 47.4 Å². The molecule has 3 rings (SSSR count). The number of hydrogen-bond donors (Lipinski definition) is 2. The quantitative estimate of drug-likeness (QED) is 0.673. The number of H-pyrrole nitrogens is 1. The zero-order valence-electron chi connectivity index (χ0n) is 10.3. The predicted molar refractivity (Wildman–Crippen MR) is 79.4 cm³/mol. The van der Waals surface area contributed by atoms with Gasteiger partial charge in [-0.2, -0.15) is 0 Å². The Morgan fingerprint density at radius 1 is 1.05 bits per heavy atom. The third-order valence-corrected chi connectivity index (χ3v) is 3.46. The van der Waals surface area contributed by atoms with Crippen LogP contribution in [0, 0.1) is 5.82 Å². The van der Waals surface area contributed by atoms with Gasteiger partial charge in [0.05, 0.1) is 5.02 Å². The smallest absolute Gasteiger partial charge is 0.255 e. The van der Waals surface area contributed by atoms with Gasteiger partial charge in [0.15, 0.2) is 0 Å². The topological polar surface area (TPSA) is 58.9 Å². The summed E-state index contributed by atoms with van der Waals surface area (Å²) in [4.78, 5) is 14.5. The lowest BCUT2D eigenvalue weighted by atomic mass is 10.0. The fourth-order valence-corrected chi connectivity index (χ4v) is 2.48. The SMILES string of the molecule is Nc1ccc2c(-c3ccc(F)cc3Cl)c[nH]c(=O)c2c1. The van der Waals surface area contributed by atoms with Crippen LogP contribution < -0.4 is 11.3 Å². The van der Waals surface area contributed by atoms with Crippen molar-refractivity contribution in [2.24, 2.45) is 0 Å². The Bertz CT molecular complexity index is 873. The highest BCUT2D eigenvalue weighted by Gasteiger charge is 2.10. The van der Waals surface area contributed by atoms with Crippen LogP contribution in [0.5, 0.6) is 0 Å². The zero-order valence-corrected chi connectivity index (χ0v) is 11.0. The molecule has 0 fully saturated rings. The van der Waals surface area contributed by atoms with E-state index in [9.17, 15) is 9.18 Å². The average Bonchev–Trinajstić information content (AvgIpc) is 2.41. The van der Waals surface area contributed by atoms with Crippen molar-refractivity contribution in [1.29, 1.82) is 0 Å². The maximum Gasteiger partial charge on any atom is 0.255 e. The van der Waals surface area contributed by atoms with Crippen molar-refractivity contribution in [3.63, 3.8) is 0 Å². The number of nitrogens with two attached hydrogens (primary N) is 1. The lowest BCUT2D eigenvalue weighted by Gasteiger charge is -2.09. The van der Waals surface area contributed by atoms with Crippen molar-refractivity contribution in [3.8, 4) is 11.1 Å². The molecule has 3 nitrogen and oxygen atoms in total. The van der Waals surface area contributed by atoms with Gasteiger partial charge in [-0.3, -0.25) is 4.79 Å². The first-order chi connectivity index (χ1) is 9.56. The third kappa shape index (κ3) is 2.04. The minimum absolute atomic E-state index is 0.228. The Labute approximate surface area is 118 Å². The summed E-state index contributed by atoms with van der Waals surface area (Å²) in [6.45, 7) is 0. The van der Waals surface area contributed by atoms with Gasteiger partial charge >= 0.3 is 0 Å². The summed E-state index contributed by atoms with van der Waals surface area (Å²) in [6, 6.07) is 9.23. The van der Waals surface area contributed by atoms with Crippen LogP contribution in [0.25, 0.3) is 21.9 Å². The first-order valence-corrected chi connectivity index (χ1v) is 6.30. The highest BCUT2D eigenvalue weighted by molar-refractivity contribution is 6.33. The molecule has 0 radical (unpaired) electrons. The fourth-order valence-electron chi connectivity index (χ4n) is 2.21. The summed E-state index contributed by atoms with van der Waals surface area (Å²) in [6.07, 6.45) is 1.57. The van der Waals surface area contributed by atoms with Gasteiger partial charge in [0.2, 0.25) is 0 Å². The molecule has 0 atom stereocenters. The molecule has 0 aliphatic carbocycles. The molecule has 5 heteroatoms. The summed E-state index contributed by atoms with van der Waals surface area (Å²) in [5.74, 6) is -0.406. The molecule has 0 saturated carbocycles. The number of nitrogens with one attached hydrogen (secondary N) is 1. The van der Waals surface area contributed by atoms with Crippen LogP contribution in [0.1, 0.15) is 0 Å². The fraction of sp³-hybridized carbons (Fsp3) is 0. The molecule has 0 bridgehead atoms. The molecule has 100 valence electrons. The Kier molecular flexibility index (Phi) is 2.95. The van der Waals surface area contributed by atoms with Gasteiger partial charge in [-0.25, -0.2) is 4.39 Å². The average molecular weight is 289 g/mol. The molecule has 1 aromatic heterocycles. The highest BCUT2D eigenvalue weighted by atomic mass is 35.5. The Balaban J connectivity index is 2.37. The van der Waals surface area contributed by atoms with E-state index in [-0.39, 0.29) is 10.6 Å². The van der Waals surface area contributed by atoms with Crippen LogP contribution in [0.4, 0.5) is 10.1 Å². The molecule has 20 heavy (non-hydrogen) atoms. The lowest BCUT2D eigenvalue weighted by molar-refractivity contribution is 0.628. The number of halogens is 2. The first kappa shape index (κ1) is 12.7. The van der Waals surface area contributed by atoms with Crippen molar-refractivity contribution in [1.82, 2.24) is 4.98 Å². The van der Waals surface area contributed by atoms with E-state index in [1.165, 1.54) is 12.1 Å². The maximum absolute atomic E-state index is 13.1. The molecular weight excluding hydrogens is 279 g/mol. The number of rotatable bonds is 1. The maximum atomic E-state index is 13.1. The standard InChI is InChI=1S/C15H10ClFN2O/c16-14-5-8(17)1-3-11(14)13-7-19-15(20)12-6-9(18)2-4-10(12)13/h1-7H,18H2,(H,19,20). The van der Waals surface area contributed by atoms with Crippen molar-refractivity contribution >= 4 is 28.1 Å². The molecule has 1 heterocycles. The second-order valence-electron chi connectivity index (χ2n) is 4.46. The Morgan fingerprint density at radius 3 is 2.60 bits per heavy atom. The van der Waals surface area contributed by atoms with E-state index >= 15 is 0 Å². The van der Waals surface area contributed by atoms with Crippen LogP contribution in [-0.4, -0.2) is 4.98 Å². The lowest BCUT2D eigenvalue weighted by Crippen LogP contribution is -2.06. The van der Waals surface area contributed by atoms with E-state index < -0.39 is 5.82 Å². The highest BCUT2D eigenvalue weighted by Crippen LogP contribution is 2.32. The van der Waals surface area contributed by atoms with Crippen LogP contribution in [0.2, 0.25) is 5.02 Å². The van der Waals surface area contributed by atoms with Crippen molar-refractivity contribution in [2.45, 2.75) is 0 Å². The number of aromatic amines is 1. The molecular formula is C15H10ClFN2O. The number of benzene rings is 2. The molecule has 3 N–H and O–H groups in total. The van der Waals surface area contributed by atoms with Gasteiger partial charge in [0.1, 0.15) is 5.82 Å². The number of fused-ring (bicyclic) bond motifs is 1. The molecule has 0 unspecified atom stereocenters. The minimum Gasteiger partial charge on any atom is -0.399 e. The van der Waals surface area contributed by atoms with Crippen molar-refractivity contribution < 1.29 is 4.39 Å². The largest absolute Gasteiger partial charge is 0.399 e. The molecule has 0 saturated heterocycles. The van der Waals surface area contributed by atoms with Gasteiger partial charge in [-0.05, 0) is 35.7 Å². The van der Waals surface area contributed by atoms with E-state index in [1.54, 1.807) is 30.5 Å². The summed E-state index contributed by atoms with van der Waals surface area (Å²) in [7, 11) is 0. The Hall–Kier alpha value is -2.33. The van der Waals surface area contributed by atoms with Crippen molar-refractivity contribution in [3.05, 3.63) is 63.8 Å². The minimum atomic E-state index is -0.406. The third-order valence-electron chi connectivity index (χ3n) is 3.15. The normalized spacial score (nSPS) is 10.9. The van der Waals surface area contributed by atoms with Gasteiger partial charge < -0.3 is 10.7 Å². The van der Waals surface area contributed by atoms with Crippen molar-refractivity contribution in [2.75, 3.05) is 5.73 Å². The van der Waals surface area contributed by atoms with E-state index in [1.807, 2.05) is 0 Å². The zero-order chi connectivity index (χ0) is 14.3. The van der Waals surface area contributed by atoms with Gasteiger partial charge in [0.25, 0.3) is 5.56 Å². The molecule has 0 spiro atoms. The van der Waals surface area contributed by atoms with E-state index in [2.05, 4.69) is 4.98 Å². The number of aromatic nitrogens is 1.